The van der Waals surface area contributed by atoms with E-state index in [0.717, 1.165) is 48.4 Å². The highest BCUT2D eigenvalue weighted by Gasteiger charge is 2.29. The van der Waals surface area contributed by atoms with Crippen molar-refractivity contribution in [3.8, 4) is 5.75 Å². The van der Waals surface area contributed by atoms with Crippen molar-refractivity contribution < 1.29 is 27.6 Å². The summed E-state index contributed by atoms with van der Waals surface area (Å²) in [7, 11) is 0. The maximum absolute atomic E-state index is 12.7. The predicted octanol–water partition coefficient (Wildman–Crippen LogP) is 4.34. The summed E-state index contributed by atoms with van der Waals surface area (Å²) in [5.74, 6) is 1.03. The Morgan fingerprint density at radius 1 is 1.19 bits per heavy atom. The van der Waals surface area contributed by atoms with Crippen LogP contribution >= 0.6 is 11.8 Å². The number of rotatable bonds is 7. The smallest absolute Gasteiger partial charge is 0.422 e. The van der Waals surface area contributed by atoms with Crippen molar-refractivity contribution in [3.63, 3.8) is 0 Å². The molecule has 0 atom stereocenters. The lowest BCUT2D eigenvalue weighted by molar-refractivity contribution is -0.385. The molecule has 0 bridgehead atoms. The molecular weight excluding hydrogens is 435 g/mol. The zero-order valence-electron chi connectivity index (χ0n) is 16.4. The van der Waals surface area contributed by atoms with Gasteiger partial charge < -0.3 is 10.1 Å². The molecule has 1 aliphatic rings. The number of benzene rings is 2. The minimum atomic E-state index is -4.57. The third kappa shape index (κ3) is 6.86. The lowest BCUT2D eigenvalue weighted by Gasteiger charge is -2.26. The molecule has 166 valence electrons. The summed E-state index contributed by atoms with van der Waals surface area (Å²) in [5, 5.41) is 13.9. The van der Waals surface area contributed by atoms with Crippen molar-refractivity contribution in [3.05, 3.63) is 63.7 Å². The van der Waals surface area contributed by atoms with Crippen molar-refractivity contribution in [1.82, 2.24) is 4.90 Å². The fraction of sp³-hybridized carbons (Fsp3) is 0.350. The van der Waals surface area contributed by atoms with Crippen LogP contribution in [0.1, 0.15) is 15.9 Å². The average molecular weight is 455 g/mol. The second-order valence-corrected chi connectivity index (χ2v) is 8.11. The van der Waals surface area contributed by atoms with Gasteiger partial charge in [0.1, 0.15) is 11.3 Å². The Kier molecular flexibility index (Phi) is 7.39. The van der Waals surface area contributed by atoms with Crippen molar-refractivity contribution >= 4 is 29.0 Å². The van der Waals surface area contributed by atoms with E-state index < -0.39 is 29.3 Å². The molecule has 2 aromatic carbocycles. The Bertz CT molecular complexity index is 950. The van der Waals surface area contributed by atoms with Gasteiger partial charge in [-0.05, 0) is 29.8 Å². The molecule has 0 spiro atoms. The monoisotopic (exact) mass is 455 g/mol. The lowest BCUT2D eigenvalue weighted by Crippen LogP contribution is -2.31. The average Bonchev–Trinajstić information content (AvgIpc) is 2.72. The molecule has 7 nitrogen and oxygen atoms in total. The standard InChI is InChI=1S/C20H20F3N3O4S/c21-20(22,23)13-30-16-4-5-18(26(28)29)17(11-16)19(27)24-15-3-1-2-14(10-15)12-25-6-8-31-9-7-25/h1-5,10-11H,6-9,12-13H2,(H,24,27). The second kappa shape index (κ2) is 10.0. The van der Waals surface area contributed by atoms with E-state index in [-0.39, 0.29) is 11.3 Å². The molecule has 0 radical (unpaired) electrons. The number of alkyl halides is 3. The number of thioether (sulfide) groups is 1. The molecule has 0 aromatic heterocycles. The molecule has 3 rings (SSSR count). The van der Waals surface area contributed by atoms with Gasteiger partial charge in [0.05, 0.1) is 4.92 Å². The van der Waals surface area contributed by atoms with Gasteiger partial charge >= 0.3 is 6.18 Å². The van der Waals surface area contributed by atoms with Gasteiger partial charge in [0.15, 0.2) is 6.61 Å². The van der Waals surface area contributed by atoms with Crippen LogP contribution in [0, 0.1) is 10.1 Å². The Morgan fingerprint density at radius 2 is 1.94 bits per heavy atom. The van der Waals surface area contributed by atoms with Crippen LogP contribution in [-0.2, 0) is 6.54 Å². The normalized spacial score (nSPS) is 14.8. The second-order valence-electron chi connectivity index (χ2n) is 6.88. The summed E-state index contributed by atoms with van der Waals surface area (Å²) in [6, 6.07) is 10.0. The number of ether oxygens (including phenoxy) is 1. The van der Waals surface area contributed by atoms with Crippen LogP contribution in [0.15, 0.2) is 42.5 Å². The van der Waals surface area contributed by atoms with E-state index in [1.165, 1.54) is 0 Å². The topological polar surface area (TPSA) is 84.7 Å². The number of nitrogens with zero attached hydrogens (tertiary/aromatic N) is 2. The van der Waals surface area contributed by atoms with Crippen LogP contribution in [0.3, 0.4) is 0 Å². The Labute approximate surface area is 180 Å². The van der Waals surface area contributed by atoms with Crippen LogP contribution < -0.4 is 10.1 Å². The van der Waals surface area contributed by atoms with E-state index in [9.17, 15) is 28.1 Å². The summed E-state index contributed by atoms with van der Waals surface area (Å²) in [6.45, 7) is 1.09. The maximum Gasteiger partial charge on any atom is 0.422 e. The molecule has 0 saturated carbocycles. The molecule has 1 N–H and O–H groups in total. The first kappa shape index (κ1) is 22.9. The van der Waals surface area contributed by atoms with Gasteiger partial charge in [0, 0.05) is 42.9 Å². The predicted molar refractivity (Wildman–Crippen MR) is 112 cm³/mol. The highest BCUT2D eigenvalue weighted by atomic mass is 32.2. The van der Waals surface area contributed by atoms with E-state index in [1.807, 2.05) is 17.8 Å². The number of hydrogen-bond acceptors (Lipinski definition) is 6. The molecule has 1 heterocycles. The largest absolute Gasteiger partial charge is 0.484 e. The molecular formula is C20H20F3N3O4S. The molecule has 1 aliphatic heterocycles. The third-order valence-electron chi connectivity index (χ3n) is 4.51. The molecule has 1 saturated heterocycles. The van der Waals surface area contributed by atoms with Gasteiger partial charge in [0.2, 0.25) is 0 Å². The molecule has 31 heavy (non-hydrogen) atoms. The fourth-order valence-electron chi connectivity index (χ4n) is 3.07. The van der Waals surface area contributed by atoms with Gasteiger partial charge in [-0.2, -0.15) is 24.9 Å². The fourth-order valence-corrected chi connectivity index (χ4v) is 4.05. The van der Waals surface area contributed by atoms with Crippen LogP contribution in [-0.4, -0.2) is 53.1 Å². The summed E-state index contributed by atoms with van der Waals surface area (Å²) in [6.07, 6.45) is -4.57. The SMILES string of the molecule is O=C(Nc1cccc(CN2CCSCC2)c1)c1cc(OCC(F)(F)F)ccc1[N+](=O)[O-]. The van der Waals surface area contributed by atoms with Crippen molar-refractivity contribution in [1.29, 1.82) is 0 Å². The zero-order chi connectivity index (χ0) is 22.4. The Hall–Kier alpha value is -2.79. The third-order valence-corrected chi connectivity index (χ3v) is 5.45. The Balaban J connectivity index is 1.75. The number of halogens is 3. The first-order valence-electron chi connectivity index (χ1n) is 9.40. The number of nitro groups is 1. The Morgan fingerprint density at radius 3 is 2.61 bits per heavy atom. The quantitative estimate of drug-likeness (QED) is 0.494. The molecule has 2 aromatic rings. The maximum atomic E-state index is 12.7. The zero-order valence-corrected chi connectivity index (χ0v) is 17.2. The molecule has 1 amide bonds. The van der Waals surface area contributed by atoms with E-state index in [1.54, 1.807) is 18.2 Å². The van der Waals surface area contributed by atoms with Gasteiger partial charge in [-0.25, -0.2) is 0 Å². The van der Waals surface area contributed by atoms with Crippen LogP contribution in [0.4, 0.5) is 24.5 Å². The first-order chi connectivity index (χ1) is 14.7. The molecule has 1 fully saturated rings. The lowest BCUT2D eigenvalue weighted by atomic mass is 10.1. The number of amides is 1. The number of carbonyl (C=O) groups is 1. The summed E-state index contributed by atoms with van der Waals surface area (Å²) in [5.41, 5.74) is 0.494. The van der Waals surface area contributed by atoms with Gasteiger partial charge in [-0.3, -0.25) is 19.8 Å². The van der Waals surface area contributed by atoms with Gasteiger partial charge in [0.25, 0.3) is 11.6 Å². The van der Waals surface area contributed by atoms with Gasteiger partial charge in [-0.1, -0.05) is 12.1 Å². The number of anilines is 1. The number of nitro benzene ring substituents is 1. The van der Waals surface area contributed by atoms with Crippen LogP contribution in [0.2, 0.25) is 0 Å². The van der Waals surface area contributed by atoms with Crippen LogP contribution in [0.5, 0.6) is 5.75 Å². The summed E-state index contributed by atoms with van der Waals surface area (Å²) in [4.78, 5) is 25.5. The molecule has 0 unspecified atom stereocenters. The highest BCUT2D eigenvalue weighted by molar-refractivity contribution is 7.99. The molecule has 11 heteroatoms. The summed E-state index contributed by atoms with van der Waals surface area (Å²) >= 11 is 1.90. The molecule has 0 aliphatic carbocycles. The number of carbonyl (C=O) groups excluding carboxylic acids is 1. The van der Waals surface area contributed by atoms with E-state index >= 15 is 0 Å². The van der Waals surface area contributed by atoms with E-state index in [2.05, 4.69) is 15.0 Å². The first-order valence-corrected chi connectivity index (χ1v) is 10.5. The minimum Gasteiger partial charge on any atom is -0.484 e. The van der Waals surface area contributed by atoms with Crippen LogP contribution in [0.25, 0.3) is 0 Å². The van der Waals surface area contributed by atoms with E-state index in [4.69, 9.17) is 0 Å². The van der Waals surface area contributed by atoms with Crippen molar-refractivity contribution in [2.24, 2.45) is 0 Å². The minimum absolute atomic E-state index is 0.287. The highest BCUT2D eigenvalue weighted by Crippen LogP contribution is 2.27. The summed E-state index contributed by atoms with van der Waals surface area (Å²) < 4.78 is 41.8. The number of nitrogens with one attached hydrogen (secondary N) is 1. The number of hydrogen-bond donors (Lipinski definition) is 1. The van der Waals surface area contributed by atoms with Crippen molar-refractivity contribution in [2.75, 3.05) is 36.5 Å². The van der Waals surface area contributed by atoms with E-state index in [0.29, 0.717) is 12.2 Å². The van der Waals surface area contributed by atoms with Gasteiger partial charge in [-0.15, -0.1) is 0 Å². The van der Waals surface area contributed by atoms with Crippen molar-refractivity contribution in [2.45, 2.75) is 12.7 Å².